The van der Waals surface area contributed by atoms with Crippen LogP contribution in [0.15, 0.2) is 24.3 Å². The van der Waals surface area contributed by atoms with Crippen molar-refractivity contribution in [2.45, 2.75) is 6.04 Å². The van der Waals surface area contributed by atoms with Crippen molar-refractivity contribution in [3.05, 3.63) is 24.3 Å². The molecular weight excluding hydrogens is 294 g/mol. The largest absolute Gasteiger partial charge is 0.480 e. The molecular formula is C13H13N3O4S. The summed E-state index contributed by atoms with van der Waals surface area (Å²) in [6.45, 7) is 0.577. The van der Waals surface area contributed by atoms with E-state index in [0.717, 1.165) is 10.2 Å². The van der Waals surface area contributed by atoms with Crippen LogP contribution in [0.1, 0.15) is 0 Å². The minimum absolute atomic E-state index is 0.00258. The quantitative estimate of drug-likeness (QED) is 0.879. The number of nitrogens with one attached hydrogen (secondary N) is 1. The maximum atomic E-state index is 12.2. The third-order valence-corrected chi connectivity index (χ3v) is 4.13. The van der Waals surface area contributed by atoms with Crippen molar-refractivity contribution in [3.63, 3.8) is 0 Å². The first-order valence-corrected chi connectivity index (χ1v) is 7.20. The van der Waals surface area contributed by atoms with Gasteiger partial charge in [0.2, 0.25) is 0 Å². The van der Waals surface area contributed by atoms with E-state index in [1.165, 1.54) is 16.2 Å². The Bertz CT molecular complexity index is 654. The topological polar surface area (TPSA) is 91.8 Å². The molecule has 2 amide bonds. The molecule has 1 unspecified atom stereocenters. The first-order chi connectivity index (χ1) is 10.1. The molecule has 21 heavy (non-hydrogen) atoms. The van der Waals surface area contributed by atoms with Crippen molar-refractivity contribution in [1.29, 1.82) is 0 Å². The molecule has 1 atom stereocenters. The molecule has 1 fully saturated rings. The predicted molar refractivity (Wildman–Crippen MR) is 77.6 cm³/mol. The number of thiazole rings is 1. The zero-order valence-corrected chi connectivity index (χ0v) is 11.8. The fraction of sp³-hybridized carbons (Fsp3) is 0.308. The lowest BCUT2D eigenvalue weighted by Crippen LogP contribution is -2.53. The number of aliphatic carboxylic acids is 1. The van der Waals surface area contributed by atoms with Crippen LogP contribution in [0.3, 0.4) is 0 Å². The number of carboxylic acid groups (broad SMARTS) is 1. The molecule has 0 saturated carbocycles. The van der Waals surface area contributed by atoms with Gasteiger partial charge in [-0.2, -0.15) is 0 Å². The zero-order valence-electron chi connectivity index (χ0n) is 11.0. The van der Waals surface area contributed by atoms with Crippen LogP contribution < -0.4 is 5.32 Å². The Hall–Kier alpha value is -2.19. The summed E-state index contributed by atoms with van der Waals surface area (Å²) in [5.74, 6) is -1.07. The lowest BCUT2D eigenvalue weighted by atomic mass is 10.2. The van der Waals surface area contributed by atoms with Gasteiger partial charge in [0.25, 0.3) is 0 Å². The van der Waals surface area contributed by atoms with Crippen molar-refractivity contribution in [2.75, 3.05) is 25.1 Å². The molecule has 1 aliphatic rings. The van der Waals surface area contributed by atoms with E-state index < -0.39 is 18.0 Å². The summed E-state index contributed by atoms with van der Waals surface area (Å²) >= 11 is 1.35. The first-order valence-electron chi connectivity index (χ1n) is 6.39. The number of amides is 2. The predicted octanol–water partition coefficient (Wildman–Crippen LogP) is 1.61. The molecule has 0 aliphatic carbocycles. The summed E-state index contributed by atoms with van der Waals surface area (Å²) in [6.07, 6.45) is 0. The summed E-state index contributed by atoms with van der Waals surface area (Å²) in [5.41, 5.74) is 0.801. The van der Waals surface area contributed by atoms with Gasteiger partial charge in [0, 0.05) is 6.54 Å². The number of fused-ring (bicyclic) bond motifs is 1. The molecule has 1 aromatic carbocycles. The Kier molecular flexibility index (Phi) is 3.72. The maximum Gasteiger partial charge on any atom is 0.328 e. The smallest absolute Gasteiger partial charge is 0.328 e. The lowest BCUT2D eigenvalue weighted by molar-refractivity contribution is -0.147. The van der Waals surface area contributed by atoms with Crippen LogP contribution in [0.4, 0.5) is 9.93 Å². The van der Waals surface area contributed by atoms with Gasteiger partial charge in [-0.3, -0.25) is 5.32 Å². The number of ether oxygens (including phenoxy) is 1. The monoisotopic (exact) mass is 307 g/mol. The summed E-state index contributed by atoms with van der Waals surface area (Å²) < 4.78 is 6.07. The van der Waals surface area contributed by atoms with Gasteiger partial charge in [-0.25, -0.2) is 14.6 Å². The second-order valence-corrected chi connectivity index (χ2v) is 5.57. The fourth-order valence-corrected chi connectivity index (χ4v) is 3.00. The van der Waals surface area contributed by atoms with Crippen LogP contribution in [-0.2, 0) is 9.53 Å². The highest BCUT2D eigenvalue weighted by atomic mass is 32.1. The fourth-order valence-electron chi connectivity index (χ4n) is 2.14. The number of carbonyl (C=O) groups is 2. The lowest BCUT2D eigenvalue weighted by Gasteiger charge is -2.32. The summed E-state index contributed by atoms with van der Waals surface area (Å²) in [6, 6.07) is 6.11. The van der Waals surface area contributed by atoms with E-state index in [-0.39, 0.29) is 13.2 Å². The molecule has 2 aromatic rings. The Morgan fingerprint density at radius 1 is 1.43 bits per heavy atom. The minimum Gasteiger partial charge on any atom is -0.480 e. The molecule has 1 saturated heterocycles. The van der Waals surface area contributed by atoms with Crippen molar-refractivity contribution < 1.29 is 19.4 Å². The number of benzene rings is 1. The number of carbonyl (C=O) groups excluding carboxylic acids is 1. The van der Waals surface area contributed by atoms with Gasteiger partial charge in [0.15, 0.2) is 11.2 Å². The molecule has 2 N–H and O–H groups in total. The summed E-state index contributed by atoms with van der Waals surface area (Å²) in [7, 11) is 0. The average Bonchev–Trinajstić information content (AvgIpc) is 2.89. The van der Waals surface area contributed by atoms with Crippen LogP contribution in [0, 0.1) is 0 Å². The van der Waals surface area contributed by atoms with E-state index in [0.29, 0.717) is 11.7 Å². The van der Waals surface area contributed by atoms with Gasteiger partial charge in [-0.05, 0) is 12.1 Å². The van der Waals surface area contributed by atoms with E-state index in [9.17, 15) is 9.59 Å². The number of hydrogen-bond acceptors (Lipinski definition) is 5. The number of nitrogens with zero attached hydrogens (tertiary/aromatic N) is 2. The van der Waals surface area contributed by atoms with E-state index in [1.807, 2.05) is 24.3 Å². The number of aromatic nitrogens is 1. The molecule has 8 heteroatoms. The number of rotatable bonds is 2. The summed E-state index contributed by atoms with van der Waals surface area (Å²) in [5, 5.41) is 12.2. The van der Waals surface area contributed by atoms with Gasteiger partial charge in [0.1, 0.15) is 0 Å². The molecule has 1 aliphatic heterocycles. The minimum atomic E-state index is -1.07. The zero-order chi connectivity index (χ0) is 14.8. The SMILES string of the molecule is O=C(O)C1COCCN1C(=O)Nc1nc2ccccc2s1. The van der Waals surface area contributed by atoms with E-state index in [2.05, 4.69) is 10.3 Å². The van der Waals surface area contributed by atoms with Crippen molar-refractivity contribution in [2.24, 2.45) is 0 Å². The number of hydrogen-bond donors (Lipinski definition) is 2. The van der Waals surface area contributed by atoms with Crippen LogP contribution in [0.2, 0.25) is 0 Å². The highest BCUT2D eigenvalue weighted by Crippen LogP contribution is 2.25. The Balaban J connectivity index is 1.76. The number of anilines is 1. The molecule has 1 aromatic heterocycles. The third-order valence-electron chi connectivity index (χ3n) is 3.18. The van der Waals surface area contributed by atoms with Gasteiger partial charge in [0.05, 0.1) is 23.4 Å². The Morgan fingerprint density at radius 2 is 2.24 bits per heavy atom. The van der Waals surface area contributed by atoms with Crippen molar-refractivity contribution in [3.8, 4) is 0 Å². The molecule has 7 nitrogen and oxygen atoms in total. The third kappa shape index (κ3) is 2.81. The van der Waals surface area contributed by atoms with Crippen LogP contribution >= 0.6 is 11.3 Å². The summed E-state index contributed by atoms with van der Waals surface area (Å²) in [4.78, 5) is 28.9. The van der Waals surface area contributed by atoms with Crippen molar-refractivity contribution >= 4 is 38.7 Å². The number of urea groups is 1. The molecule has 2 heterocycles. The second kappa shape index (κ2) is 5.66. The molecule has 110 valence electrons. The second-order valence-electron chi connectivity index (χ2n) is 4.54. The number of carboxylic acids is 1. The Labute approximate surface area is 124 Å². The van der Waals surface area contributed by atoms with E-state index in [4.69, 9.17) is 9.84 Å². The highest BCUT2D eigenvalue weighted by molar-refractivity contribution is 7.22. The van der Waals surface area contributed by atoms with Crippen molar-refractivity contribution in [1.82, 2.24) is 9.88 Å². The van der Waals surface area contributed by atoms with Crippen LogP contribution in [-0.4, -0.2) is 52.8 Å². The Morgan fingerprint density at radius 3 is 3.00 bits per heavy atom. The molecule has 3 rings (SSSR count). The number of para-hydroxylation sites is 1. The van der Waals surface area contributed by atoms with Crippen LogP contribution in [0.5, 0.6) is 0 Å². The van der Waals surface area contributed by atoms with E-state index in [1.54, 1.807) is 0 Å². The van der Waals surface area contributed by atoms with E-state index >= 15 is 0 Å². The maximum absolute atomic E-state index is 12.2. The standard InChI is InChI=1S/C13H13N3O4S/c17-11(18)9-7-20-6-5-16(9)13(19)15-12-14-8-3-1-2-4-10(8)21-12/h1-4,9H,5-7H2,(H,17,18)(H,14,15,19). The highest BCUT2D eigenvalue weighted by Gasteiger charge is 2.33. The van der Waals surface area contributed by atoms with Gasteiger partial charge >= 0.3 is 12.0 Å². The van der Waals surface area contributed by atoms with Gasteiger partial charge < -0.3 is 14.7 Å². The van der Waals surface area contributed by atoms with Gasteiger partial charge in [-0.15, -0.1) is 0 Å². The molecule has 0 radical (unpaired) electrons. The van der Waals surface area contributed by atoms with Crippen LogP contribution in [0.25, 0.3) is 10.2 Å². The van der Waals surface area contributed by atoms with Gasteiger partial charge in [-0.1, -0.05) is 23.5 Å². The molecule has 0 spiro atoms. The normalized spacial score (nSPS) is 18.7. The average molecular weight is 307 g/mol. The molecule has 0 bridgehead atoms. The number of morpholine rings is 1. The first kappa shape index (κ1) is 13.8.